The van der Waals surface area contributed by atoms with Gasteiger partial charge in [0.15, 0.2) is 12.4 Å². The minimum absolute atomic E-state index is 0.0882. The van der Waals surface area contributed by atoms with Crippen LogP contribution in [0, 0.1) is 36.5 Å². The van der Waals surface area contributed by atoms with Crippen molar-refractivity contribution in [3.05, 3.63) is 46.2 Å². The van der Waals surface area contributed by atoms with Crippen LogP contribution in [-0.4, -0.2) is 35.7 Å². The number of halogens is 1. The molecule has 1 heterocycles. The predicted octanol–water partition coefficient (Wildman–Crippen LogP) is 3.66. The van der Waals surface area contributed by atoms with Crippen molar-refractivity contribution in [2.45, 2.75) is 20.8 Å². The van der Waals surface area contributed by atoms with Crippen molar-refractivity contribution in [1.29, 1.82) is 10.7 Å². The van der Waals surface area contributed by atoms with Crippen molar-refractivity contribution in [2.24, 2.45) is 5.92 Å². The van der Waals surface area contributed by atoms with Gasteiger partial charge in [-0.3, -0.25) is 4.79 Å². The highest BCUT2D eigenvalue weighted by Gasteiger charge is 2.24. The Kier molecular flexibility index (Phi) is 6.60. The van der Waals surface area contributed by atoms with Gasteiger partial charge >= 0.3 is 5.97 Å². The first-order valence-corrected chi connectivity index (χ1v) is 8.76. The third-order valence-corrected chi connectivity index (χ3v) is 4.50. The molecule has 0 aliphatic carbocycles. The molecule has 2 aromatic rings. The molecule has 28 heavy (non-hydrogen) atoms. The number of hydrogen-bond acceptors (Lipinski definition) is 6. The largest absolute Gasteiger partial charge is 0.495 e. The first-order chi connectivity index (χ1) is 13.2. The van der Waals surface area contributed by atoms with Crippen molar-refractivity contribution in [3.63, 3.8) is 0 Å². The number of Topliss-reactive ketones (excluding diaryl/α,β-unsaturated/α-hetero) is 1. The van der Waals surface area contributed by atoms with Gasteiger partial charge in [0.2, 0.25) is 0 Å². The zero-order valence-corrected chi connectivity index (χ0v) is 16.8. The average molecular weight is 402 g/mol. The molecule has 0 saturated carbocycles. The van der Waals surface area contributed by atoms with E-state index in [0.717, 1.165) is 5.69 Å². The van der Waals surface area contributed by atoms with Gasteiger partial charge in [-0.15, -0.1) is 0 Å². The number of carbonyl (C=O) groups excluding carboxylic acids is 2. The highest BCUT2D eigenvalue weighted by molar-refractivity contribution is 6.30. The Hall–Kier alpha value is -3.11. The molecule has 0 bridgehead atoms. The number of rotatable bonds is 7. The number of hydrogen-bond donors (Lipinski definition) is 1. The van der Waals surface area contributed by atoms with Crippen LogP contribution in [-0.2, 0) is 9.53 Å². The first kappa shape index (κ1) is 21.2. The van der Waals surface area contributed by atoms with Gasteiger partial charge in [-0.1, -0.05) is 11.6 Å². The van der Waals surface area contributed by atoms with Crippen molar-refractivity contribution in [2.75, 3.05) is 13.7 Å². The molecule has 0 aliphatic rings. The summed E-state index contributed by atoms with van der Waals surface area (Å²) in [5.74, 6) is -1.95. The molecule has 0 fully saturated rings. The molecule has 146 valence electrons. The maximum Gasteiger partial charge on any atom is 0.340 e. The lowest BCUT2D eigenvalue weighted by molar-refractivity contribution is -0.122. The third kappa shape index (κ3) is 4.24. The summed E-state index contributed by atoms with van der Waals surface area (Å²) < 4.78 is 12.3. The second kappa shape index (κ2) is 8.72. The molecule has 0 amide bonds. The number of nitriles is 1. The average Bonchev–Trinajstić information content (AvgIpc) is 2.94. The van der Waals surface area contributed by atoms with E-state index in [1.165, 1.54) is 6.92 Å². The van der Waals surface area contributed by atoms with Crippen molar-refractivity contribution in [1.82, 2.24) is 4.57 Å². The van der Waals surface area contributed by atoms with E-state index in [4.69, 9.17) is 31.7 Å². The molecule has 2 rings (SSSR count). The SMILES string of the molecule is COc1ccc(Cl)cc1-n1c(C)cc(C(=O)OCC(=O)[C@H](C#N)C(C)=N)c1C. The lowest BCUT2D eigenvalue weighted by Crippen LogP contribution is -2.25. The van der Waals surface area contributed by atoms with E-state index in [1.54, 1.807) is 44.4 Å². The van der Waals surface area contributed by atoms with Crippen LogP contribution in [0.2, 0.25) is 5.02 Å². The van der Waals surface area contributed by atoms with E-state index in [0.29, 0.717) is 22.2 Å². The maximum atomic E-state index is 12.5. The van der Waals surface area contributed by atoms with E-state index >= 15 is 0 Å². The Balaban J connectivity index is 2.30. The molecular formula is C20H20ClN3O4. The Labute approximate surface area is 167 Å². The van der Waals surface area contributed by atoms with Crippen LogP contribution in [0.1, 0.15) is 28.7 Å². The number of nitrogens with zero attached hydrogens (tertiary/aromatic N) is 2. The number of benzene rings is 1. The lowest BCUT2D eigenvalue weighted by atomic mass is 10.0. The summed E-state index contributed by atoms with van der Waals surface area (Å²) in [4.78, 5) is 24.5. The van der Waals surface area contributed by atoms with E-state index in [-0.39, 0.29) is 11.3 Å². The molecule has 0 saturated heterocycles. The summed E-state index contributed by atoms with van der Waals surface area (Å²) >= 11 is 6.11. The highest BCUT2D eigenvalue weighted by Crippen LogP contribution is 2.30. The number of nitrogens with one attached hydrogen (secondary N) is 1. The van der Waals surface area contributed by atoms with Crippen LogP contribution < -0.4 is 4.74 Å². The number of ether oxygens (including phenoxy) is 2. The summed E-state index contributed by atoms with van der Waals surface area (Å²) in [6.07, 6.45) is 0. The number of aromatic nitrogens is 1. The van der Waals surface area contributed by atoms with Gasteiger partial charge in [0.25, 0.3) is 0 Å². The maximum absolute atomic E-state index is 12.5. The van der Waals surface area contributed by atoms with E-state index in [1.807, 2.05) is 11.5 Å². The zero-order valence-electron chi connectivity index (χ0n) is 16.0. The van der Waals surface area contributed by atoms with Crippen LogP contribution in [0.25, 0.3) is 5.69 Å². The zero-order chi connectivity index (χ0) is 21.0. The summed E-state index contributed by atoms with van der Waals surface area (Å²) in [6, 6.07) is 8.54. The minimum Gasteiger partial charge on any atom is -0.495 e. The Bertz CT molecular complexity index is 988. The molecule has 1 atom stereocenters. The monoisotopic (exact) mass is 401 g/mol. The number of esters is 1. The lowest BCUT2D eigenvalue weighted by Gasteiger charge is -2.14. The predicted molar refractivity (Wildman–Crippen MR) is 105 cm³/mol. The van der Waals surface area contributed by atoms with Gasteiger partial charge in [-0.05, 0) is 45.0 Å². The van der Waals surface area contributed by atoms with E-state index < -0.39 is 24.3 Å². The molecule has 1 aromatic carbocycles. The Morgan fingerprint density at radius 2 is 2.00 bits per heavy atom. The van der Waals surface area contributed by atoms with Crippen molar-refractivity contribution >= 4 is 29.1 Å². The van der Waals surface area contributed by atoms with Gasteiger partial charge in [0.05, 0.1) is 24.4 Å². The molecule has 0 radical (unpaired) electrons. The standard InChI is InChI=1S/C20H20ClN3O4/c1-11-7-15(20(26)28-10-18(25)16(9-22)12(2)23)13(3)24(11)17-8-14(21)5-6-19(17)27-4/h5-8,16,23H,10H2,1-4H3/t16-/m1/s1. The molecule has 0 aliphatic heterocycles. The molecule has 8 heteroatoms. The molecule has 0 unspecified atom stereocenters. The summed E-state index contributed by atoms with van der Waals surface area (Å²) in [5, 5.41) is 16.9. The second-order valence-electron chi connectivity index (χ2n) is 6.22. The second-order valence-corrected chi connectivity index (χ2v) is 6.66. The number of carbonyl (C=O) groups is 2. The molecule has 0 spiro atoms. The fourth-order valence-corrected chi connectivity index (χ4v) is 3.05. The van der Waals surface area contributed by atoms with Crippen LogP contribution in [0.4, 0.5) is 0 Å². The number of aryl methyl sites for hydroxylation is 1. The first-order valence-electron chi connectivity index (χ1n) is 8.38. The smallest absolute Gasteiger partial charge is 0.340 e. The summed E-state index contributed by atoms with van der Waals surface area (Å²) in [5.41, 5.74) is 2.21. The summed E-state index contributed by atoms with van der Waals surface area (Å²) in [7, 11) is 1.54. The topological polar surface area (TPSA) is 105 Å². The van der Waals surface area contributed by atoms with Gasteiger partial charge in [-0.2, -0.15) is 5.26 Å². The fourth-order valence-electron chi connectivity index (χ4n) is 2.89. The van der Waals surface area contributed by atoms with Crippen molar-refractivity contribution < 1.29 is 19.1 Å². The number of methoxy groups -OCH3 is 1. The molecule has 1 aromatic heterocycles. The Morgan fingerprint density at radius 3 is 2.57 bits per heavy atom. The molecular weight excluding hydrogens is 382 g/mol. The quantitative estimate of drug-likeness (QED) is 0.563. The van der Waals surface area contributed by atoms with Gasteiger partial charge in [0.1, 0.15) is 11.7 Å². The van der Waals surface area contributed by atoms with Gasteiger partial charge in [0, 0.05) is 22.1 Å². The van der Waals surface area contributed by atoms with Crippen molar-refractivity contribution in [3.8, 4) is 17.5 Å². The van der Waals surface area contributed by atoms with Crippen LogP contribution in [0.5, 0.6) is 5.75 Å². The highest BCUT2D eigenvalue weighted by atomic mass is 35.5. The van der Waals surface area contributed by atoms with Gasteiger partial charge < -0.3 is 19.5 Å². The fraction of sp³-hybridized carbons (Fsp3) is 0.300. The van der Waals surface area contributed by atoms with Crippen LogP contribution in [0.15, 0.2) is 24.3 Å². The molecule has 7 nitrogen and oxygen atoms in total. The van der Waals surface area contributed by atoms with Gasteiger partial charge in [-0.25, -0.2) is 4.79 Å². The third-order valence-electron chi connectivity index (χ3n) is 4.26. The summed E-state index contributed by atoms with van der Waals surface area (Å²) in [6.45, 7) is 4.35. The van der Waals surface area contributed by atoms with Crippen LogP contribution in [0.3, 0.4) is 0 Å². The Morgan fingerprint density at radius 1 is 1.32 bits per heavy atom. The van der Waals surface area contributed by atoms with Crippen LogP contribution >= 0.6 is 11.6 Å². The van der Waals surface area contributed by atoms with E-state index in [9.17, 15) is 9.59 Å². The number of ketones is 1. The van der Waals surface area contributed by atoms with E-state index in [2.05, 4.69) is 0 Å². The minimum atomic E-state index is -1.21. The molecule has 1 N–H and O–H groups in total. The normalized spacial score (nSPS) is 11.4.